The third kappa shape index (κ3) is 3.84. The van der Waals surface area contributed by atoms with Crippen molar-refractivity contribution >= 4 is 5.91 Å². The molecule has 0 aliphatic heterocycles. The summed E-state index contributed by atoms with van der Waals surface area (Å²) in [6, 6.07) is 4.38. The maximum absolute atomic E-state index is 12.5. The van der Waals surface area contributed by atoms with E-state index in [1.54, 1.807) is 6.07 Å². The number of rotatable bonds is 1. The van der Waals surface area contributed by atoms with Gasteiger partial charge in [0.2, 0.25) is 5.91 Å². The van der Waals surface area contributed by atoms with Crippen molar-refractivity contribution < 1.29 is 18.0 Å². The molecule has 0 unspecified atom stereocenters. The van der Waals surface area contributed by atoms with Gasteiger partial charge in [0.1, 0.15) is 0 Å². The summed E-state index contributed by atoms with van der Waals surface area (Å²) < 4.78 is 37.5. The number of nitrogens with zero attached hydrogens (tertiary/aromatic N) is 1. The van der Waals surface area contributed by atoms with Crippen molar-refractivity contribution in [3.05, 3.63) is 34.9 Å². The number of amides is 1. The van der Waals surface area contributed by atoms with Crippen molar-refractivity contribution in [1.29, 1.82) is 5.26 Å². The average molecular weight is 252 g/mol. The first-order chi connectivity index (χ1) is 8.32. The Morgan fingerprint density at radius 3 is 2.39 bits per heavy atom. The number of primary amides is 1. The van der Waals surface area contributed by atoms with Crippen molar-refractivity contribution in [2.75, 3.05) is 0 Å². The number of nitriles is 1. The van der Waals surface area contributed by atoms with E-state index in [0.29, 0.717) is 0 Å². The zero-order valence-electron chi connectivity index (χ0n) is 9.01. The molecule has 0 radical (unpaired) electrons. The zero-order valence-corrected chi connectivity index (χ0v) is 9.01. The van der Waals surface area contributed by atoms with E-state index in [4.69, 9.17) is 11.0 Å². The Morgan fingerprint density at radius 1 is 1.28 bits per heavy atom. The van der Waals surface area contributed by atoms with Gasteiger partial charge < -0.3 is 5.73 Å². The molecule has 1 amide bonds. The fourth-order valence-corrected chi connectivity index (χ4v) is 1.16. The summed E-state index contributed by atoms with van der Waals surface area (Å²) in [5, 5.41) is 8.63. The lowest BCUT2D eigenvalue weighted by molar-refractivity contribution is -0.137. The van der Waals surface area contributed by atoms with Crippen molar-refractivity contribution in [2.24, 2.45) is 5.73 Å². The Kier molecular flexibility index (Phi) is 3.96. The molecule has 92 valence electrons. The predicted octanol–water partition coefficient (Wildman–Crippen LogP) is 1.80. The molecule has 0 atom stereocenters. The number of halogens is 3. The van der Waals surface area contributed by atoms with Crippen LogP contribution >= 0.6 is 0 Å². The minimum Gasteiger partial charge on any atom is -0.369 e. The number of nitrogens with two attached hydrogens (primary N) is 1. The van der Waals surface area contributed by atoms with E-state index < -0.39 is 17.6 Å². The second-order valence-electron chi connectivity index (χ2n) is 3.35. The van der Waals surface area contributed by atoms with Crippen LogP contribution in [0, 0.1) is 23.2 Å². The molecule has 0 saturated carbocycles. The van der Waals surface area contributed by atoms with Gasteiger partial charge in [-0.05, 0) is 18.2 Å². The lowest BCUT2D eigenvalue weighted by atomic mass is 10.1. The van der Waals surface area contributed by atoms with E-state index in [9.17, 15) is 18.0 Å². The predicted molar refractivity (Wildman–Crippen MR) is 56.8 cm³/mol. The summed E-state index contributed by atoms with van der Waals surface area (Å²) >= 11 is 0. The molecule has 3 nitrogen and oxygen atoms in total. The number of alkyl halides is 3. The maximum Gasteiger partial charge on any atom is 0.416 e. The highest BCUT2D eigenvalue weighted by Gasteiger charge is 2.31. The molecular formula is C12H7F3N2O. The second-order valence-corrected chi connectivity index (χ2v) is 3.35. The minimum atomic E-state index is -4.55. The largest absolute Gasteiger partial charge is 0.416 e. The van der Waals surface area contributed by atoms with E-state index >= 15 is 0 Å². The Balaban J connectivity index is 3.16. The summed E-state index contributed by atoms with van der Waals surface area (Å²) in [7, 11) is 0. The topological polar surface area (TPSA) is 66.9 Å². The Bertz CT molecular complexity index is 574. The molecule has 0 spiro atoms. The highest BCUT2D eigenvalue weighted by molar-refractivity contribution is 5.76. The monoisotopic (exact) mass is 252 g/mol. The highest BCUT2D eigenvalue weighted by Crippen LogP contribution is 2.30. The van der Waals surface area contributed by atoms with Crippen molar-refractivity contribution in [1.82, 2.24) is 0 Å². The first-order valence-electron chi connectivity index (χ1n) is 4.72. The van der Waals surface area contributed by atoms with E-state index in [1.807, 2.05) is 0 Å². The number of carbonyl (C=O) groups is 1. The summed E-state index contributed by atoms with van der Waals surface area (Å²) in [5.41, 5.74) is 3.76. The van der Waals surface area contributed by atoms with E-state index in [1.165, 1.54) is 6.07 Å². The standard InChI is InChI=1S/C12H7F3N2O/c13-12(14,15)10-5-8(2-1-3-11(17)18)4-9(6-10)7-16/h4-6H,3H2,(H2,17,18). The number of hydrogen-bond acceptors (Lipinski definition) is 2. The van der Waals surface area contributed by atoms with Crippen LogP contribution in [-0.2, 0) is 11.0 Å². The third-order valence-corrected chi connectivity index (χ3v) is 1.88. The zero-order chi connectivity index (χ0) is 13.8. The molecule has 0 aliphatic carbocycles. The summed E-state index contributed by atoms with van der Waals surface area (Å²) in [5.74, 6) is 4.02. The molecule has 1 aromatic carbocycles. The molecule has 6 heteroatoms. The van der Waals surface area contributed by atoms with Crippen LogP contribution in [0.2, 0.25) is 0 Å². The van der Waals surface area contributed by atoms with Gasteiger partial charge in [-0.2, -0.15) is 18.4 Å². The quantitative estimate of drug-likeness (QED) is 0.774. The summed E-state index contributed by atoms with van der Waals surface area (Å²) in [6.45, 7) is 0. The van der Waals surface area contributed by atoms with Gasteiger partial charge >= 0.3 is 6.18 Å². The van der Waals surface area contributed by atoms with Crippen LogP contribution in [0.15, 0.2) is 18.2 Å². The van der Waals surface area contributed by atoms with E-state index in [-0.39, 0.29) is 17.5 Å². The fraction of sp³-hybridized carbons (Fsp3) is 0.167. The van der Waals surface area contributed by atoms with Crippen LogP contribution in [0.1, 0.15) is 23.1 Å². The number of benzene rings is 1. The van der Waals surface area contributed by atoms with Crippen LogP contribution in [0.5, 0.6) is 0 Å². The lowest BCUT2D eigenvalue weighted by Crippen LogP contribution is -2.08. The van der Waals surface area contributed by atoms with Crippen molar-refractivity contribution in [3.8, 4) is 17.9 Å². The Hall–Kier alpha value is -2.47. The van der Waals surface area contributed by atoms with Gasteiger partial charge in [0.05, 0.1) is 23.6 Å². The second kappa shape index (κ2) is 5.24. The molecular weight excluding hydrogens is 245 g/mol. The first-order valence-corrected chi connectivity index (χ1v) is 4.72. The van der Waals surface area contributed by atoms with Gasteiger partial charge in [-0.3, -0.25) is 4.79 Å². The van der Waals surface area contributed by atoms with Gasteiger partial charge in [-0.25, -0.2) is 0 Å². The summed E-state index contributed by atoms with van der Waals surface area (Å²) in [6.07, 6.45) is -4.80. The molecule has 0 heterocycles. The van der Waals surface area contributed by atoms with Gasteiger partial charge in [0, 0.05) is 5.56 Å². The lowest BCUT2D eigenvalue weighted by Gasteiger charge is -2.07. The Labute approximate surface area is 101 Å². The molecule has 0 aliphatic rings. The van der Waals surface area contributed by atoms with Gasteiger partial charge in [-0.15, -0.1) is 0 Å². The normalized spacial score (nSPS) is 10.1. The van der Waals surface area contributed by atoms with E-state index in [2.05, 4.69) is 11.8 Å². The van der Waals surface area contributed by atoms with Crippen LogP contribution in [0.4, 0.5) is 13.2 Å². The van der Waals surface area contributed by atoms with Gasteiger partial charge in [0.15, 0.2) is 0 Å². The fourth-order valence-electron chi connectivity index (χ4n) is 1.16. The molecule has 0 fully saturated rings. The van der Waals surface area contributed by atoms with Crippen LogP contribution in [0.25, 0.3) is 0 Å². The summed E-state index contributed by atoms with van der Waals surface area (Å²) in [4.78, 5) is 10.4. The molecule has 0 saturated heterocycles. The van der Waals surface area contributed by atoms with Crippen LogP contribution in [0.3, 0.4) is 0 Å². The average Bonchev–Trinajstić information content (AvgIpc) is 2.27. The van der Waals surface area contributed by atoms with Crippen LogP contribution in [-0.4, -0.2) is 5.91 Å². The minimum absolute atomic E-state index is 0.0163. The van der Waals surface area contributed by atoms with Crippen LogP contribution < -0.4 is 5.73 Å². The Morgan fingerprint density at radius 2 is 1.89 bits per heavy atom. The van der Waals surface area contributed by atoms with Crippen molar-refractivity contribution in [3.63, 3.8) is 0 Å². The molecule has 2 N–H and O–H groups in total. The molecule has 1 rings (SSSR count). The first kappa shape index (κ1) is 13.6. The SMILES string of the molecule is N#Cc1cc(C#CCC(N)=O)cc(C(F)(F)F)c1. The highest BCUT2D eigenvalue weighted by atomic mass is 19.4. The van der Waals surface area contributed by atoms with Crippen molar-refractivity contribution in [2.45, 2.75) is 12.6 Å². The van der Waals surface area contributed by atoms with E-state index in [0.717, 1.165) is 12.1 Å². The molecule has 1 aromatic rings. The smallest absolute Gasteiger partial charge is 0.369 e. The van der Waals surface area contributed by atoms with Gasteiger partial charge in [-0.1, -0.05) is 11.8 Å². The maximum atomic E-state index is 12.5. The number of carbonyl (C=O) groups excluding carboxylic acids is 1. The molecule has 18 heavy (non-hydrogen) atoms. The molecule has 0 aromatic heterocycles. The third-order valence-electron chi connectivity index (χ3n) is 1.88. The number of hydrogen-bond donors (Lipinski definition) is 1. The molecule has 0 bridgehead atoms. The van der Waals surface area contributed by atoms with Gasteiger partial charge in [0.25, 0.3) is 0 Å².